The number of aryl methyl sites for hydroxylation is 2. The van der Waals surface area contributed by atoms with E-state index in [9.17, 15) is 13.2 Å². The van der Waals surface area contributed by atoms with Crippen molar-refractivity contribution in [1.29, 1.82) is 0 Å². The van der Waals surface area contributed by atoms with Crippen LogP contribution in [0.15, 0.2) is 18.2 Å². The number of sulfonamides is 1. The Morgan fingerprint density at radius 1 is 1.21 bits per heavy atom. The van der Waals surface area contributed by atoms with Crippen LogP contribution in [0.1, 0.15) is 11.1 Å². The zero-order chi connectivity index (χ0) is 14.2. The molecule has 1 heterocycles. The molecule has 1 aliphatic heterocycles. The second-order valence-corrected chi connectivity index (χ2v) is 7.12. The summed E-state index contributed by atoms with van der Waals surface area (Å²) in [5, 5.41) is 2.84. The van der Waals surface area contributed by atoms with E-state index in [-0.39, 0.29) is 24.9 Å². The summed E-state index contributed by atoms with van der Waals surface area (Å²) in [7, 11) is -3.17. The largest absolute Gasteiger partial charge is 0.326 e. The van der Waals surface area contributed by atoms with Gasteiger partial charge < -0.3 is 5.32 Å². The summed E-state index contributed by atoms with van der Waals surface area (Å²) in [6, 6.07) is 5.83. The monoisotopic (exact) mass is 282 g/mol. The SMILES string of the molecule is Cc1cc(C)cc(NC(=O)C2CN(S(C)(=O)=O)C2)c1. The van der Waals surface area contributed by atoms with Gasteiger partial charge in [-0.15, -0.1) is 0 Å². The minimum atomic E-state index is -3.17. The Balaban J connectivity index is 1.96. The zero-order valence-electron chi connectivity index (χ0n) is 11.3. The third kappa shape index (κ3) is 3.33. The van der Waals surface area contributed by atoms with E-state index in [4.69, 9.17) is 0 Å². The van der Waals surface area contributed by atoms with Crippen LogP contribution in [-0.2, 0) is 14.8 Å². The number of nitrogens with one attached hydrogen (secondary N) is 1. The summed E-state index contributed by atoms with van der Waals surface area (Å²) in [5.74, 6) is -0.375. The molecule has 1 amide bonds. The van der Waals surface area contributed by atoms with Crippen LogP contribution >= 0.6 is 0 Å². The fourth-order valence-electron chi connectivity index (χ4n) is 2.17. The molecule has 0 bridgehead atoms. The Kier molecular flexibility index (Phi) is 3.64. The molecule has 0 atom stereocenters. The summed E-state index contributed by atoms with van der Waals surface area (Å²) in [6.07, 6.45) is 1.16. The quantitative estimate of drug-likeness (QED) is 0.904. The van der Waals surface area contributed by atoms with Crippen molar-refractivity contribution in [3.63, 3.8) is 0 Å². The number of nitrogens with zero attached hydrogens (tertiary/aromatic N) is 1. The van der Waals surface area contributed by atoms with E-state index in [0.717, 1.165) is 23.1 Å². The number of amides is 1. The van der Waals surface area contributed by atoms with Gasteiger partial charge >= 0.3 is 0 Å². The molecule has 104 valence electrons. The van der Waals surface area contributed by atoms with E-state index in [1.165, 1.54) is 4.31 Å². The van der Waals surface area contributed by atoms with Crippen LogP contribution in [0.25, 0.3) is 0 Å². The van der Waals surface area contributed by atoms with Crippen LogP contribution in [0.4, 0.5) is 5.69 Å². The minimum absolute atomic E-state index is 0.120. The van der Waals surface area contributed by atoms with Crippen molar-refractivity contribution in [2.24, 2.45) is 5.92 Å². The van der Waals surface area contributed by atoms with Gasteiger partial charge in [-0.25, -0.2) is 12.7 Å². The lowest BCUT2D eigenvalue weighted by molar-refractivity contribution is -0.122. The van der Waals surface area contributed by atoms with Gasteiger partial charge in [-0.2, -0.15) is 0 Å². The maximum Gasteiger partial charge on any atom is 0.230 e. The predicted octanol–water partition coefficient (Wildman–Crippen LogP) is 1.13. The van der Waals surface area contributed by atoms with Crippen LogP contribution in [0.5, 0.6) is 0 Å². The van der Waals surface area contributed by atoms with Gasteiger partial charge in [-0.05, 0) is 37.1 Å². The number of hydrogen-bond acceptors (Lipinski definition) is 3. The topological polar surface area (TPSA) is 66.5 Å². The van der Waals surface area contributed by atoms with Gasteiger partial charge in [0.1, 0.15) is 0 Å². The highest BCUT2D eigenvalue weighted by Crippen LogP contribution is 2.21. The first kappa shape index (κ1) is 14.0. The Morgan fingerprint density at radius 3 is 2.21 bits per heavy atom. The molecule has 0 saturated carbocycles. The fraction of sp³-hybridized carbons (Fsp3) is 0.462. The first-order valence-corrected chi connectivity index (χ1v) is 7.95. The zero-order valence-corrected chi connectivity index (χ0v) is 12.1. The van der Waals surface area contributed by atoms with Gasteiger partial charge in [0.25, 0.3) is 0 Å². The Bertz CT molecular complexity index is 584. The molecule has 1 aromatic rings. The number of anilines is 1. The molecule has 0 radical (unpaired) electrons. The van der Waals surface area contributed by atoms with Gasteiger partial charge in [0.05, 0.1) is 12.2 Å². The van der Waals surface area contributed by atoms with Gasteiger partial charge in [-0.1, -0.05) is 6.07 Å². The smallest absolute Gasteiger partial charge is 0.230 e. The highest BCUT2D eigenvalue weighted by molar-refractivity contribution is 7.88. The van der Waals surface area contributed by atoms with Crippen LogP contribution in [-0.4, -0.2) is 38.0 Å². The Hall–Kier alpha value is -1.40. The van der Waals surface area contributed by atoms with Crippen LogP contribution < -0.4 is 5.32 Å². The van der Waals surface area contributed by atoms with Gasteiger partial charge in [0.15, 0.2) is 0 Å². The molecule has 0 aliphatic carbocycles. The molecule has 0 unspecified atom stereocenters. The molecule has 0 spiro atoms. The third-order valence-electron chi connectivity index (χ3n) is 3.18. The number of rotatable bonds is 3. The standard InChI is InChI=1S/C13H18N2O3S/c1-9-4-10(2)6-12(5-9)14-13(16)11-7-15(8-11)19(3,17)18/h4-6,11H,7-8H2,1-3H3,(H,14,16). The molecule has 19 heavy (non-hydrogen) atoms. The molecule has 0 aromatic heterocycles. The maximum atomic E-state index is 12.0. The first-order chi connectivity index (χ1) is 8.75. The van der Waals surface area contributed by atoms with E-state index >= 15 is 0 Å². The van der Waals surface area contributed by atoms with Crippen LogP contribution in [0.2, 0.25) is 0 Å². The highest BCUT2D eigenvalue weighted by Gasteiger charge is 2.37. The van der Waals surface area contributed by atoms with E-state index in [1.54, 1.807) is 0 Å². The molecule has 1 aliphatic rings. The normalized spacial score (nSPS) is 17.0. The third-order valence-corrected chi connectivity index (χ3v) is 4.41. The molecule has 1 aromatic carbocycles. The Morgan fingerprint density at radius 2 is 1.74 bits per heavy atom. The lowest BCUT2D eigenvalue weighted by atomic mass is 10.0. The highest BCUT2D eigenvalue weighted by atomic mass is 32.2. The van der Waals surface area contributed by atoms with Crippen molar-refractivity contribution in [3.05, 3.63) is 29.3 Å². The van der Waals surface area contributed by atoms with E-state index in [1.807, 2.05) is 32.0 Å². The molecule has 1 saturated heterocycles. The van der Waals surface area contributed by atoms with Crippen molar-refractivity contribution in [1.82, 2.24) is 4.31 Å². The summed E-state index contributed by atoms with van der Waals surface area (Å²) in [4.78, 5) is 12.0. The van der Waals surface area contributed by atoms with Crippen molar-refractivity contribution in [2.45, 2.75) is 13.8 Å². The van der Waals surface area contributed by atoms with E-state index < -0.39 is 10.0 Å². The summed E-state index contributed by atoms with van der Waals surface area (Å²) < 4.78 is 23.8. The molecule has 1 N–H and O–H groups in total. The molecule has 6 heteroatoms. The summed E-state index contributed by atoms with van der Waals surface area (Å²) in [6.45, 7) is 4.49. The second-order valence-electron chi connectivity index (χ2n) is 5.14. The predicted molar refractivity (Wildman–Crippen MR) is 74.5 cm³/mol. The summed E-state index contributed by atoms with van der Waals surface area (Å²) in [5.41, 5.74) is 2.93. The van der Waals surface area contributed by atoms with E-state index in [0.29, 0.717) is 0 Å². The molecule has 5 nitrogen and oxygen atoms in total. The molecule has 1 fully saturated rings. The first-order valence-electron chi connectivity index (χ1n) is 6.10. The van der Waals surface area contributed by atoms with Crippen molar-refractivity contribution in [2.75, 3.05) is 24.7 Å². The van der Waals surface area contributed by atoms with Crippen molar-refractivity contribution in [3.8, 4) is 0 Å². The Labute approximate surface area is 113 Å². The van der Waals surface area contributed by atoms with Crippen molar-refractivity contribution < 1.29 is 13.2 Å². The van der Waals surface area contributed by atoms with Crippen LogP contribution in [0.3, 0.4) is 0 Å². The van der Waals surface area contributed by atoms with Gasteiger partial charge in [0.2, 0.25) is 15.9 Å². The minimum Gasteiger partial charge on any atom is -0.326 e. The van der Waals surface area contributed by atoms with Crippen LogP contribution in [0, 0.1) is 19.8 Å². The molecular formula is C13H18N2O3S. The number of carbonyl (C=O) groups excluding carboxylic acids is 1. The summed E-state index contributed by atoms with van der Waals surface area (Å²) >= 11 is 0. The molecular weight excluding hydrogens is 264 g/mol. The van der Waals surface area contributed by atoms with Gasteiger partial charge in [-0.3, -0.25) is 4.79 Å². The maximum absolute atomic E-state index is 12.0. The molecule has 2 rings (SSSR count). The van der Waals surface area contributed by atoms with E-state index in [2.05, 4.69) is 5.32 Å². The number of benzene rings is 1. The lowest BCUT2D eigenvalue weighted by Gasteiger charge is -2.35. The number of carbonyl (C=O) groups is 1. The second kappa shape index (κ2) is 4.94. The van der Waals surface area contributed by atoms with Gasteiger partial charge in [0, 0.05) is 18.8 Å². The fourth-order valence-corrected chi connectivity index (χ4v) is 3.07. The average molecular weight is 282 g/mol. The van der Waals surface area contributed by atoms with Crippen molar-refractivity contribution >= 4 is 21.6 Å². The lowest BCUT2D eigenvalue weighted by Crippen LogP contribution is -2.53. The average Bonchev–Trinajstić information content (AvgIpc) is 2.09. The number of hydrogen-bond donors (Lipinski definition) is 1.